The third kappa shape index (κ3) is 3.73. The molecule has 0 radical (unpaired) electrons. The van der Waals surface area contributed by atoms with Gasteiger partial charge < -0.3 is 5.11 Å². The summed E-state index contributed by atoms with van der Waals surface area (Å²) in [5.41, 5.74) is 3.66. The van der Waals surface area contributed by atoms with Gasteiger partial charge in [-0.1, -0.05) is 24.9 Å². The molecular formula is C15H19ClN2O2. The summed E-state index contributed by atoms with van der Waals surface area (Å²) in [4.78, 5) is 11.9. The molecule has 0 bridgehead atoms. The third-order valence-electron chi connectivity index (χ3n) is 3.78. The number of hydrazone groups is 1. The maximum Gasteiger partial charge on any atom is 0.275 e. The number of benzene rings is 1. The van der Waals surface area contributed by atoms with Crippen LogP contribution in [0.3, 0.4) is 0 Å². The average molecular weight is 295 g/mol. The highest BCUT2D eigenvalue weighted by atomic mass is 35.5. The maximum atomic E-state index is 11.9. The largest absolute Gasteiger partial charge is 0.507 e. The zero-order chi connectivity index (χ0) is 14.5. The molecule has 1 saturated carbocycles. The normalized spacial score (nSPS) is 18.7. The molecule has 1 aromatic rings. The molecule has 2 rings (SSSR count). The Labute approximate surface area is 123 Å². The highest BCUT2D eigenvalue weighted by Crippen LogP contribution is 2.25. The number of hydrogen-bond donors (Lipinski definition) is 2. The summed E-state index contributed by atoms with van der Waals surface area (Å²) in [6.45, 7) is 2.20. The van der Waals surface area contributed by atoms with E-state index in [2.05, 4.69) is 17.5 Å². The van der Waals surface area contributed by atoms with E-state index in [1.54, 1.807) is 0 Å². The Kier molecular flexibility index (Phi) is 5.01. The number of amides is 1. The van der Waals surface area contributed by atoms with Crippen LogP contribution in [0.4, 0.5) is 0 Å². The molecule has 1 aliphatic rings. The number of halogens is 1. The van der Waals surface area contributed by atoms with Gasteiger partial charge in [-0.3, -0.25) is 4.79 Å². The topological polar surface area (TPSA) is 61.7 Å². The van der Waals surface area contributed by atoms with Crippen LogP contribution in [0.1, 0.15) is 49.4 Å². The second kappa shape index (κ2) is 6.75. The quantitative estimate of drug-likeness (QED) is 0.834. The summed E-state index contributed by atoms with van der Waals surface area (Å²) in [6.07, 6.45) is 5.33. The van der Waals surface area contributed by atoms with Crippen LogP contribution in [0.2, 0.25) is 5.02 Å². The minimum Gasteiger partial charge on any atom is -0.507 e. The number of phenols is 1. The van der Waals surface area contributed by atoms with Gasteiger partial charge >= 0.3 is 0 Å². The lowest BCUT2D eigenvalue weighted by Crippen LogP contribution is -2.22. The molecule has 0 aromatic heterocycles. The molecule has 1 aromatic carbocycles. The van der Waals surface area contributed by atoms with E-state index < -0.39 is 5.91 Å². The molecule has 20 heavy (non-hydrogen) atoms. The van der Waals surface area contributed by atoms with E-state index in [1.165, 1.54) is 24.6 Å². The lowest BCUT2D eigenvalue weighted by Gasteiger charge is -2.21. The summed E-state index contributed by atoms with van der Waals surface area (Å²) >= 11 is 5.81. The van der Waals surface area contributed by atoms with Gasteiger partial charge in [0.15, 0.2) is 0 Å². The average Bonchev–Trinajstić information content (AvgIpc) is 2.47. The molecule has 1 amide bonds. The van der Waals surface area contributed by atoms with Gasteiger partial charge in [-0.2, -0.15) is 5.10 Å². The number of rotatable bonds is 3. The van der Waals surface area contributed by atoms with Gasteiger partial charge in [-0.25, -0.2) is 5.43 Å². The molecule has 1 aliphatic carbocycles. The fourth-order valence-electron chi connectivity index (χ4n) is 2.41. The first-order valence-electron chi connectivity index (χ1n) is 6.94. The van der Waals surface area contributed by atoms with E-state index in [9.17, 15) is 9.90 Å². The first-order chi connectivity index (χ1) is 9.60. The van der Waals surface area contributed by atoms with Gasteiger partial charge in [-0.05, 0) is 49.8 Å². The van der Waals surface area contributed by atoms with Crippen LogP contribution >= 0.6 is 11.6 Å². The van der Waals surface area contributed by atoms with E-state index >= 15 is 0 Å². The van der Waals surface area contributed by atoms with Crippen molar-refractivity contribution in [2.75, 3.05) is 0 Å². The van der Waals surface area contributed by atoms with Gasteiger partial charge in [-0.15, -0.1) is 0 Å². The fraction of sp³-hybridized carbons (Fsp3) is 0.467. The summed E-state index contributed by atoms with van der Waals surface area (Å²) in [6, 6.07) is 4.36. The van der Waals surface area contributed by atoms with Gasteiger partial charge in [0.2, 0.25) is 0 Å². The van der Waals surface area contributed by atoms with Crippen LogP contribution in [-0.2, 0) is 0 Å². The second-order valence-electron chi connectivity index (χ2n) is 5.13. The Morgan fingerprint density at radius 1 is 1.45 bits per heavy atom. The molecule has 2 N–H and O–H groups in total. The highest BCUT2D eigenvalue weighted by Gasteiger charge is 2.17. The fourth-order valence-corrected chi connectivity index (χ4v) is 2.58. The van der Waals surface area contributed by atoms with Crippen molar-refractivity contribution in [3.05, 3.63) is 28.8 Å². The molecule has 4 nitrogen and oxygen atoms in total. The molecule has 0 atom stereocenters. The van der Waals surface area contributed by atoms with Crippen LogP contribution in [0.25, 0.3) is 0 Å². The van der Waals surface area contributed by atoms with Crippen LogP contribution in [0, 0.1) is 5.92 Å². The standard InChI is InChI=1S/C15H19ClN2O2/c1-2-10-3-6-12(7-4-10)17-18-15(20)13-9-11(16)5-8-14(13)19/h5,8-10,19H,2-4,6-7H2,1H3,(H,18,20). The van der Waals surface area contributed by atoms with Crippen LogP contribution < -0.4 is 5.43 Å². The summed E-state index contributed by atoms with van der Waals surface area (Å²) in [5, 5.41) is 14.2. The molecule has 108 valence electrons. The Hall–Kier alpha value is -1.55. The highest BCUT2D eigenvalue weighted by molar-refractivity contribution is 6.31. The van der Waals surface area contributed by atoms with E-state index in [1.807, 2.05) is 0 Å². The van der Waals surface area contributed by atoms with Crippen molar-refractivity contribution >= 4 is 23.2 Å². The lowest BCUT2D eigenvalue weighted by molar-refractivity contribution is 0.0952. The number of carbonyl (C=O) groups excluding carboxylic acids is 1. The number of carbonyl (C=O) groups is 1. The number of nitrogens with zero attached hydrogens (tertiary/aromatic N) is 1. The van der Waals surface area contributed by atoms with Crippen molar-refractivity contribution in [3.8, 4) is 5.75 Å². The van der Waals surface area contributed by atoms with E-state index in [0.717, 1.165) is 37.3 Å². The molecule has 0 spiro atoms. The predicted molar refractivity (Wildman–Crippen MR) is 80.3 cm³/mol. The first-order valence-corrected chi connectivity index (χ1v) is 7.32. The monoisotopic (exact) mass is 294 g/mol. The molecule has 1 fully saturated rings. The van der Waals surface area contributed by atoms with Crippen LogP contribution in [-0.4, -0.2) is 16.7 Å². The SMILES string of the molecule is CCC1CCC(=NNC(=O)c2cc(Cl)ccc2O)CC1. The molecule has 5 heteroatoms. The molecular weight excluding hydrogens is 276 g/mol. The minimum atomic E-state index is -0.435. The first kappa shape index (κ1) is 14.9. The van der Waals surface area contributed by atoms with Crippen LogP contribution in [0.15, 0.2) is 23.3 Å². The molecule has 0 unspecified atom stereocenters. The van der Waals surface area contributed by atoms with E-state index in [4.69, 9.17) is 11.6 Å². The van der Waals surface area contributed by atoms with Crippen molar-refractivity contribution in [2.45, 2.75) is 39.0 Å². The minimum absolute atomic E-state index is 0.0956. The van der Waals surface area contributed by atoms with Crippen molar-refractivity contribution < 1.29 is 9.90 Å². The third-order valence-corrected chi connectivity index (χ3v) is 4.01. The van der Waals surface area contributed by atoms with Crippen molar-refractivity contribution in [1.29, 1.82) is 0 Å². The summed E-state index contributed by atoms with van der Waals surface area (Å²) in [5.74, 6) is 0.249. The molecule has 0 saturated heterocycles. The number of nitrogens with one attached hydrogen (secondary N) is 1. The van der Waals surface area contributed by atoms with Crippen LogP contribution in [0.5, 0.6) is 5.75 Å². The Balaban J connectivity index is 1.97. The zero-order valence-corrected chi connectivity index (χ0v) is 12.3. The Morgan fingerprint density at radius 3 is 2.80 bits per heavy atom. The second-order valence-corrected chi connectivity index (χ2v) is 5.57. The van der Waals surface area contributed by atoms with E-state index in [0.29, 0.717) is 5.02 Å². The smallest absolute Gasteiger partial charge is 0.275 e. The van der Waals surface area contributed by atoms with E-state index in [-0.39, 0.29) is 11.3 Å². The van der Waals surface area contributed by atoms with Gasteiger partial charge in [0, 0.05) is 10.7 Å². The number of aromatic hydroxyl groups is 1. The zero-order valence-electron chi connectivity index (χ0n) is 11.5. The summed E-state index contributed by atoms with van der Waals surface area (Å²) < 4.78 is 0. The molecule has 0 heterocycles. The van der Waals surface area contributed by atoms with Gasteiger partial charge in [0.25, 0.3) is 5.91 Å². The predicted octanol–water partition coefficient (Wildman–Crippen LogP) is 3.73. The Morgan fingerprint density at radius 2 is 2.15 bits per heavy atom. The maximum absolute atomic E-state index is 11.9. The number of hydrogen-bond acceptors (Lipinski definition) is 3. The van der Waals surface area contributed by atoms with Crippen molar-refractivity contribution in [2.24, 2.45) is 11.0 Å². The van der Waals surface area contributed by atoms with Crippen molar-refractivity contribution in [1.82, 2.24) is 5.43 Å². The lowest BCUT2D eigenvalue weighted by atomic mass is 9.86. The molecule has 0 aliphatic heterocycles. The van der Waals surface area contributed by atoms with Gasteiger partial charge in [0.1, 0.15) is 5.75 Å². The number of phenolic OH excluding ortho intramolecular Hbond substituents is 1. The van der Waals surface area contributed by atoms with Crippen molar-refractivity contribution in [3.63, 3.8) is 0 Å². The summed E-state index contributed by atoms with van der Waals surface area (Å²) in [7, 11) is 0. The Bertz CT molecular complexity index is 519. The van der Waals surface area contributed by atoms with Gasteiger partial charge in [0.05, 0.1) is 5.56 Å².